The lowest BCUT2D eigenvalue weighted by Crippen LogP contribution is -2.49. The van der Waals surface area contributed by atoms with Crippen molar-refractivity contribution in [2.24, 2.45) is 5.41 Å². The Morgan fingerprint density at radius 2 is 1.86 bits per heavy atom. The molecule has 0 radical (unpaired) electrons. The van der Waals surface area contributed by atoms with Gasteiger partial charge in [0, 0.05) is 19.0 Å². The molecule has 0 aromatic rings. The van der Waals surface area contributed by atoms with E-state index in [4.69, 9.17) is 0 Å². The third kappa shape index (κ3) is 6.93. The van der Waals surface area contributed by atoms with Gasteiger partial charge in [-0.15, -0.1) is 0 Å². The first-order chi connectivity index (χ1) is 9.83. The SMILES string of the molecule is CCCN(C(=O)CNC(=O)CC(C)(C)C)C1CCNCC1. The predicted molar refractivity (Wildman–Crippen MR) is 85.0 cm³/mol. The molecule has 1 fully saturated rings. The van der Waals surface area contributed by atoms with Gasteiger partial charge in [-0.1, -0.05) is 27.7 Å². The number of amides is 2. The second-order valence-corrected chi connectivity index (χ2v) is 7.08. The molecule has 21 heavy (non-hydrogen) atoms. The van der Waals surface area contributed by atoms with Gasteiger partial charge in [-0.3, -0.25) is 9.59 Å². The number of hydrogen-bond acceptors (Lipinski definition) is 3. The monoisotopic (exact) mass is 297 g/mol. The van der Waals surface area contributed by atoms with Gasteiger partial charge in [0.15, 0.2) is 0 Å². The fraction of sp³-hybridized carbons (Fsp3) is 0.875. The van der Waals surface area contributed by atoms with Crippen LogP contribution in [0.2, 0.25) is 0 Å². The van der Waals surface area contributed by atoms with Crippen LogP contribution >= 0.6 is 0 Å². The Bertz CT molecular complexity index is 344. The Balaban J connectivity index is 2.47. The second-order valence-electron chi connectivity index (χ2n) is 7.08. The maximum Gasteiger partial charge on any atom is 0.242 e. The Kier molecular flexibility index (Phi) is 7.15. The van der Waals surface area contributed by atoms with Crippen LogP contribution in [-0.2, 0) is 9.59 Å². The predicted octanol–water partition coefficient (Wildman–Crippen LogP) is 1.53. The quantitative estimate of drug-likeness (QED) is 0.781. The molecule has 0 aromatic carbocycles. The maximum atomic E-state index is 12.4. The van der Waals surface area contributed by atoms with Crippen LogP contribution in [0.5, 0.6) is 0 Å². The molecular formula is C16H31N3O2. The Morgan fingerprint density at radius 3 is 2.38 bits per heavy atom. The van der Waals surface area contributed by atoms with E-state index in [0.717, 1.165) is 38.9 Å². The van der Waals surface area contributed by atoms with Crippen LogP contribution in [0.4, 0.5) is 0 Å². The number of nitrogens with one attached hydrogen (secondary N) is 2. The van der Waals surface area contributed by atoms with E-state index in [0.29, 0.717) is 12.5 Å². The van der Waals surface area contributed by atoms with Crippen LogP contribution in [0.25, 0.3) is 0 Å². The molecule has 0 aliphatic carbocycles. The minimum absolute atomic E-state index is 0.0439. The zero-order valence-electron chi connectivity index (χ0n) is 14.0. The van der Waals surface area contributed by atoms with Gasteiger partial charge < -0.3 is 15.5 Å². The molecular weight excluding hydrogens is 266 g/mol. The van der Waals surface area contributed by atoms with Crippen LogP contribution in [0.1, 0.15) is 53.4 Å². The summed E-state index contributed by atoms with van der Waals surface area (Å²) in [6, 6.07) is 0.318. The molecule has 1 aliphatic rings. The summed E-state index contributed by atoms with van der Waals surface area (Å²) in [4.78, 5) is 26.2. The van der Waals surface area contributed by atoms with Gasteiger partial charge >= 0.3 is 0 Å². The fourth-order valence-corrected chi connectivity index (χ4v) is 2.69. The number of carbonyl (C=O) groups excluding carboxylic acids is 2. The lowest BCUT2D eigenvalue weighted by Gasteiger charge is -2.34. The molecule has 1 aliphatic heterocycles. The van der Waals surface area contributed by atoms with Gasteiger partial charge in [-0.25, -0.2) is 0 Å². The molecule has 0 atom stereocenters. The Hall–Kier alpha value is -1.10. The van der Waals surface area contributed by atoms with Crippen molar-refractivity contribution in [1.82, 2.24) is 15.5 Å². The smallest absolute Gasteiger partial charge is 0.242 e. The van der Waals surface area contributed by atoms with E-state index in [1.165, 1.54) is 0 Å². The van der Waals surface area contributed by atoms with Crippen LogP contribution < -0.4 is 10.6 Å². The molecule has 2 amide bonds. The van der Waals surface area contributed by atoms with Crippen LogP contribution in [-0.4, -0.2) is 48.9 Å². The minimum atomic E-state index is -0.0503. The summed E-state index contributed by atoms with van der Waals surface area (Å²) in [5, 5.41) is 6.09. The van der Waals surface area contributed by atoms with Crippen molar-refractivity contribution in [3.05, 3.63) is 0 Å². The van der Waals surface area contributed by atoms with E-state index in [1.54, 1.807) is 0 Å². The molecule has 0 bridgehead atoms. The normalized spacial score (nSPS) is 16.6. The Morgan fingerprint density at radius 1 is 1.24 bits per heavy atom. The summed E-state index contributed by atoms with van der Waals surface area (Å²) in [6.45, 7) is 11.0. The van der Waals surface area contributed by atoms with Crippen molar-refractivity contribution in [2.75, 3.05) is 26.2 Å². The van der Waals surface area contributed by atoms with Crippen molar-refractivity contribution in [3.63, 3.8) is 0 Å². The van der Waals surface area contributed by atoms with Crippen molar-refractivity contribution >= 4 is 11.8 Å². The van der Waals surface area contributed by atoms with Crippen molar-refractivity contribution < 1.29 is 9.59 Å². The third-order valence-electron chi connectivity index (χ3n) is 3.66. The highest BCUT2D eigenvalue weighted by Gasteiger charge is 2.25. The number of rotatable bonds is 6. The molecule has 1 rings (SSSR count). The average Bonchev–Trinajstić information content (AvgIpc) is 2.41. The van der Waals surface area contributed by atoms with Crippen molar-refractivity contribution in [1.29, 1.82) is 0 Å². The van der Waals surface area contributed by atoms with Gasteiger partial charge in [0.25, 0.3) is 0 Å². The van der Waals surface area contributed by atoms with Crippen LogP contribution in [0, 0.1) is 5.41 Å². The van der Waals surface area contributed by atoms with Crippen LogP contribution in [0.3, 0.4) is 0 Å². The molecule has 1 heterocycles. The van der Waals surface area contributed by atoms with E-state index in [1.807, 2.05) is 25.7 Å². The summed E-state index contributed by atoms with van der Waals surface area (Å²) >= 11 is 0. The highest BCUT2D eigenvalue weighted by Crippen LogP contribution is 2.18. The molecule has 0 spiro atoms. The molecule has 0 saturated carbocycles. The number of piperidine rings is 1. The van der Waals surface area contributed by atoms with E-state index in [-0.39, 0.29) is 23.8 Å². The first-order valence-corrected chi connectivity index (χ1v) is 8.10. The lowest BCUT2D eigenvalue weighted by molar-refractivity contribution is -0.135. The fourth-order valence-electron chi connectivity index (χ4n) is 2.69. The number of carbonyl (C=O) groups is 2. The average molecular weight is 297 g/mol. The Labute approximate surface area is 128 Å². The molecule has 2 N–H and O–H groups in total. The standard InChI is InChI=1S/C16H31N3O2/c1-5-10-19(13-6-8-17-9-7-13)15(21)12-18-14(20)11-16(2,3)4/h13,17H,5-12H2,1-4H3,(H,18,20). The number of hydrogen-bond donors (Lipinski definition) is 2. The van der Waals surface area contributed by atoms with Crippen molar-refractivity contribution in [3.8, 4) is 0 Å². The summed E-state index contributed by atoms with van der Waals surface area (Å²) < 4.78 is 0. The van der Waals surface area contributed by atoms with Gasteiger partial charge in [-0.2, -0.15) is 0 Å². The van der Waals surface area contributed by atoms with E-state index < -0.39 is 0 Å². The highest BCUT2D eigenvalue weighted by atomic mass is 16.2. The highest BCUT2D eigenvalue weighted by molar-refractivity contribution is 5.85. The molecule has 5 heteroatoms. The zero-order valence-corrected chi connectivity index (χ0v) is 14.0. The zero-order chi connectivity index (χ0) is 15.9. The van der Waals surface area contributed by atoms with E-state index in [9.17, 15) is 9.59 Å². The lowest BCUT2D eigenvalue weighted by atomic mass is 9.92. The molecule has 0 aromatic heterocycles. The first kappa shape index (κ1) is 18.0. The second kappa shape index (κ2) is 8.37. The number of nitrogens with zero attached hydrogens (tertiary/aromatic N) is 1. The van der Waals surface area contributed by atoms with E-state index in [2.05, 4.69) is 17.6 Å². The van der Waals surface area contributed by atoms with Gasteiger partial charge in [0.2, 0.25) is 11.8 Å². The van der Waals surface area contributed by atoms with Crippen LogP contribution in [0.15, 0.2) is 0 Å². The van der Waals surface area contributed by atoms with Gasteiger partial charge in [0.1, 0.15) is 0 Å². The molecule has 1 saturated heterocycles. The van der Waals surface area contributed by atoms with Crippen molar-refractivity contribution in [2.45, 2.75) is 59.4 Å². The minimum Gasteiger partial charge on any atom is -0.347 e. The first-order valence-electron chi connectivity index (χ1n) is 8.10. The molecule has 0 unspecified atom stereocenters. The topological polar surface area (TPSA) is 61.4 Å². The third-order valence-corrected chi connectivity index (χ3v) is 3.66. The molecule has 5 nitrogen and oxygen atoms in total. The van der Waals surface area contributed by atoms with E-state index >= 15 is 0 Å². The van der Waals surface area contributed by atoms with Gasteiger partial charge in [-0.05, 0) is 37.8 Å². The summed E-state index contributed by atoms with van der Waals surface area (Å²) in [6.07, 6.45) is 3.40. The summed E-state index contributed by atoms with van der Waals surface area (Å²) in [5.74, 6) is 0.00335. The maximum absolute atomic E-state index is 12.4. The largest absolute Gasteiger partial charge is 0.347 e. The summed E-state index contributed by atoms with van der Waals surface area (Å²) in [5.41, 5.74) is -0.0503. The van der Waals surface area contributed by atoms with Gasteiger partial charge in [0.05, 0.1) is 6.54 Å². The summed E-state index contributed by atoms with van der Waals surface area (Å²) in [7, 11) is 0. The molecule has 122 valence electrons.